The van der Waals surface area contributed by atoms with Gasteiger partial charge in [0, 0.05) is 11.8 Å². The lowest BCUT2D eigenvalue weighted by atomic mass is 10.2. The van der Waals surface area contributed by atoms with E-state index >= 15 is 0 Å². The number of halogens is 2. The zero-order valence-electron chi connectivity index (χ0n) is 5.90. The van der Waals surface area contributed by atoms with E-state index in [2.05, 4.69) is 4.98 Å². The van der Waals surface area contributed by atoms with Crippen molar-refractivity contribution >= 4 is 6.29 Å². The third-order valence-electron chi connectivity index (χ3n) is 1.57. The van der Waals surface area contributed by atoms with Crippen LogP contribution in [0.15, 0.2) is 6.20 Å². The number of hydrogen-bond acceptors (Lipinski definition) is 1. The van der Waals surface area contributed by atoms with Crippen molar-refractivity contribution < 1.29 is 13.6 Å². The predicted octanol–water partition coefficient (Wildman–Crippen LogP) is 2.07. The first kappa shape index (κ1) is 7.91. The Morgan fingerprint density at radius 3 is 2.55 bits per heavy atom. The standard InChI is InChI=1S/C7H7F2NO/c1-4-5(7(8)9)2-10-6(4)3-11/h2-3,7,10H,1H3. The number of aromatic amines is 1. The van der Waals surface area contributed by atoms with Crippen LogP contribution in [0.25, 0.3) is 0 Å². The van der Waals surface area contributed by atoms with Crippen LogP contribution in [-0.4, -0.2) is 11.3 Å². The summed E-state index contributed by atoms with van der Waals surface area (Å²) in [5.41, 5.74) is 0.447. The molecule has 11 heavy (non-hydrogen) atoms. The average molecular weight is 159 g/mol. The first-order valence-electron chi connectivity index (χ1n) is 3.08. The van der Waals surface area contributed by atoms with Gasteiger partial charge < -0.3 is 4.98 Å². The van der Waals surface area contributed by atoms with Crippen molar-refractivity contribution in [2.75, 3.05) is 0 Å². The molecule has 0 aliphatic carbocycles. The molecule has 1 rings (SSSR count). The fourth-order valence-corrected chi connectivity index (χ4v) is 0.877. The Hall–Kier alpha value is -1.19. The highest BCUT2D eigenvalue weighted by atomic mass is 19.3. The van der Waals surface area contributed by atoms with Crippen LogP contribution < -0.4 is 0 Å². The zero-order valence-corrected chi connectivity index (χ0v) is 5.90. The minimum absolute atomic E-state index is 0.105. The summed E-state index contributed by atoms with van der Waals surface area (Å²) in [6.07, 6.45) is -0.828. The molecule has 0 saturated heterocycles. The topological polar surface area (TPSA) is 32.9 Å². The second kappa shape index (κ2) is 2.82. The molecule has 0 bridgehead atoms. The number of hydrogen-bond donors (Lipinski definition) is 1. The maximum Gasteiger partial charge on any atom is 0.265 e. The summed E-state index contributed by atoms with van der Waals surface area (Å²) in [7, 11) is 0. The molecule has 0 radical (unpaired) electrons. The summed E-state index contributed by atoms with van der Waals surface area (Å²) in [5, 5.41) is 0. The largest absolute Gasteiger partial charge is 0.358 e. The van der Waals surface area contributed by atoms with Crippen LogP contribution in [-0.2, 0) is 0 Å². The molecular weight excluding hydrogens is 152 g/mol. The number of carbonyl (C=O) groups is 1. The van der Waals surface area contributed by atoms with E-state index < -0.39 is 6.43 Å². The van der Waals surface area contributed by atoms with Crippen molar-refractivity contribution in [3.63, 3.8) is 0 Å². The van der Waals surface area contributed by atoms with E-state index in [4.69, 9.17) is 0 Å². The molecule has 1 aromatic rings. The minimum atomic E-state index is -2.51. The van der Waals surface area contributed by atoms with Crippen LogP contribution in [0.5, 0.6) is 0 Å². The molecule has 0 aromatic carbocycles. The summed E-state index contributed by atoms with van der Waals surface area (Å²) >= 11 is 0. The van der Waals surface area contributed by atoms with Crippen molar-refractivity contribution in [1.82, 2.24) is 4.98 Å². The third-order valence-corrected chi connectivity index (χ3v) is 1.57. The van der Waals surface area contributed by atoms with Crippen molar-refractivity contribution in [2.24, 2.45) is 0 Å². The lowest BCUT2D eigenvalue weighted by Crippen LogP contribution is -1.86. The number of aromatic nitrogens is 1. The summed E-state index contributed by atoms with van der Waals surface area (Å²) in [6.45, 7) is 1.49. The maximum absolute atomic E-state index is 12.0. The van der Waals surface area contributed by atoms with Crippen molar-refractivity contribution in [2.45, 2.75) is 13.3 Å². The molecule has 0 unspecified atom stereocenters. The highest BCUT2D eigenvalue weighted by Crippen LogP contribution is 2.23. The van der Waals surface area contributed by atoms with Gasteiger partial charge in [0.15, 0.2) is 6.29 Å². The third kappa shape index (κ3) is 1.29. The first-order chi connectivity index (χ1) is 5.16. The fraction of sp³-hybridized carbons (Fsp3) is 0.286. The van der Waals surface area contributed by atoms with Crippen LogP contribution in [0.4, 0.5) is 8.78 Å². The molecule has 0 saturated carbocycles. The Kier molecular flexibility index (Phi) is 2.03. The van der Waals surface area contributed by atoms with Crippen LogP contribution in [0, 0.1) is 6.92 Å². The Bertz CT molecular complexity index is 267. The molecule has 0 aliphatic heterocycles. The number of nitrogens with one attached hydrogen (secondary N) is 1. The molecule has 0 atom stereocenters. The van der Waals surface area contributed by atoms with Gasteiger partial charge >= 0.3 is 0 Å². The lowest BCUT2D eigenvalue weighted by Gasteiger charge is -1.94. The van der Waals surface area contributed by atoms with E-state index in [1.165, 1.54) is 6.92 Å². The van der Waals surface area contributed by atoms with E-state index in [0.29, 0.717) is 11.8 Å². The second-order valence-corrected chi connectivity index (χ2v) is 2.20. The highest BCUT2D eigenvalue weighted by molar-refractivity contribution is 5.75. The van der Waals surface area contributed by atoms with Gasteiger partial charge in [-0.3, -0.25) is 4.79 Å². The van der Waals surface area contributed by atoms with Gasteiger partial charge in [-0.25, -0.2) is 8.78 Å². The number of alkyl halides is 2. The highest BCUT2D eigenvalue weighted by Gasteiger charge is 2.14. The molecule has 1 N–H and O–H groups in total. The van der Waals surface area contributed by atoms with E-state index in [-0.39, 0.29) is 11.3 Å². The van der Waals surface area contributed by atoms with Gasteiger partial charge in [-0.1, -0.05) is 0 Å². The Balaban J connectivity index is 3.10. The number of H-pyrrole nitrogens is 1. The molecule has 60 valence electrons. The minimum Gasteiger partial charge on any atom is -0.358 e. The molecule has 4 heteroatoms. The lowest BCUT2D eigenvalue weighted by molar-refractivity contribution is 0.111. The summed E-state index contributed by atoms with van der Waals surface area (Å²) in [6, 6.07) is 0. The number of aldehydes is 1. The SMILES string of the molecule is Cc1c(C(F)F)c[nH]c1C=O. The number of rotatable bonds is 2. The Morgan fingerprint density at radius 2 is 2.27 bits per heavy atom. The summed E-state index contributed by atoms with van der Waals surface area (Å²) in [4.78, 5) is 12.6. The fourth-order valence-electron chi connectivity index (χ4n) is 0.877. The molecular formula is C7H7F2NO. The molecule has 0 spiro atoms. The van der Waals surface area contributed by atoms with E-state index in [1.54, 1.807) is 0 Å². The van der Waals surface area contributed by atoms with Crippen molar-refractivity contribution in [3.05, 3.63) is 23.0 Å². The summed E-state index contributed by atoms with van der Waals surface area (Å²) < 4.78 is 24.1. The van der Waals surface area contributed by atoms with Gasteiger partial charge in [0.25, 0.3) is 6.43 Å². The molecule has 0 amide bonds. The molecule has 0 aliphatic rings. The van der Waals surface area contributed by atoms with Crippen molar-refractivity contribution in [1.29, 1.82) is 0 Å². The maximum atomic E-state index is 12.0. The van der Waals surface area contributed by atoms with E-state index in [9.17, 15) is 13.6 Å². The van der Waals surface area contributed by atoms with Gasteiger partial charge in [0.05, 0.1) is 5.69 Å². The van der Waals surface area contributed by atoms with Gasteiger partial charge in [-0.15, -0.1) is 0 Å². The Morgan fingerprint density at radius 1 is 1.64 bits per heavy atom. The van der Waals surface area contributed by atoms with Gasteiger partial charge in [0.1, 0.15) is 0 Å². The quantitative estimate of drug-likeness (QED) is 0.658. The monoisotopic (exact) mass is 159 g/mol. The van der Waals surface area contributed by atoms with E-state index in [0.717, 1.165) is 6.20 Å². The van der Waals surface area contributed by atoms with Gasteiger partial charge in [-0.05, 0) is 12.5 Å². The molecule has 2 nitrogen and oxygen atoms in total. The van der Waals surface area contributed by atoms with Crippen LogP contribution in [0.1, 0.15) is 28.0 Å². The number of carbonyl (C=O) groups excluding carboxylic acids is 1. The second-order valence-electron chi connectivity index (χ2n) is 2.20. The van der Waals surface area contributed by atoms with E-state index in [1.807, 2.05) is 0 Å². The summed E-state index contributed by atoms with van der Waals surface area (Å²) in [5.74, 6) is 0. The smallest absolute Gasteiger partial charge is 0.265 e. The first-order valence-corrected chi connectivity index (χ1v) is 3.08. The average Bonchev–Trinajstić information content (AvgIpc) is 2.30. The van der Waals surface area contributed by atoms with Crippen LogP contribution in [0.2, 0.25) is 0 Å². The van der Waals surface area contributed by atoms with Crippen LogP contribution in [0.3, 0.4) is 0 Å². The zero-order chi connectivity index (χ0) is 8.43. The molecule has 0 fully saturated rings. The molecule has 1 heterocycles. The van der Waals surface area contributed by atoms with Crippen LogP contribution >= 0.6 is 0 Å². The Labute approximate surface area is 62.2 Å². The van der Waals surface area contributed by atoms with Gasteiger partial charge in [-0.2, -0.15) is 0 Å². The predicted molar refractivity (Wildman–Crippen MR) is 35.9 cm³/mol. The molecule has 1 aromatic heterocycles. The normalized spacial score (nSPS) is 10.5. The van der Waals surface area contributed by atoms with Crippen molar-refractivity contribution in [3.8, 4) is 0 Å². The van der Waals surface area contributed by atoms with Gasteiger partial charge in [0.2, 0.25) is 0 Å².